The molecule has 0 unspecified atom stereocenters. The van der Waals surface area contributed by atoms with Gasteiger partial charge < -0.3 is 16.0 Å². The summed E-state index contributed by atoms with van der Waals surface area (Å²) < 4.78 is 0. The van der Waals surface area contributed by atoms with E-state index in [1.807, 2.05) is 0 Å². The number of rotatable bonds is 6. The highest BCUT2D eigenvalue weighted by molar-refractivity contribution is 14.0. The molecule has 0 saturated heterocycles. The molecule has 1 saturated carbocycles. The molecule has 0 radical (unpaired) electrons. The van der Waals surface area contributed by atoms with Crippen LogP contribution in [-0.2, 0) is 6.42 Å². The molecule has 0 spiro atoms. The number of anilines is 1. The van der Waals surface area contributed by atoms with E-state index in [9.17, 15) is 0 Å². The number of benzene rings is 1. The molecule has 1 aromatic carbocycles. The van der Waals surface area contributed by atoms with Gasteiger partial charge in [-0.3, -0.25) is 4.99 Å². The third-order valence-electron chi connectivity index (χ3n) is 3.92. The van der Waals surface area contributed by atoms with E-state index in [4.69, 9.17) is 5.73 Å². The van der Waals surface area contributed by atoms with E-state index >= 15 is 0 Å². The number of hydrogen-bond acceptors (Lipinski definition) is 2. The number of nitrogens with two attached hydrogens (primary N) is 1. The van der Waals surface area contributed by atoms with Crippen LogP contribution in [0.25, 0.3) is 0 Å². The topological polar surface area (TPSA) is 53.6 Å². The van der Waals surface area contributed by atoms with Gasteiger partial charge in [-0.15, -0.1) is 24.0 Å². The van der Waals surface area contributed by atoms with E-state index in [1.165, 1.54) is 30.5 Å². The van der Waals surface area contributed by atoms with Crippen molar-refractivity contribution in [3.63, 3.8) is 0 Å². The average molecular weight is 402 g/mol. The Balaban J connectivity index is 0.00000220. The molecule has 0 atom stereocenters. The van der Waals surface area contributed by atoms with E-state index in [1.54, 1.807) is 0 Å². The van der Waals surface area contributed by atoms with Crippen molar-refractivity contribution in [2.24, 2.45) is 16.6 Å². The first kappa shape index (κ1) is 18.1. The van der Waals surface area contributed by atoms with Crippen molar-refractivity contribution in [2.45, 2.75) is 25.7 Å². The molecule has 21 heavy (non-hydrogen) atoms. The molecule has 5 heteroatoms. The molecule has 0 aliphatic heterocycles. The summed E-state index contributed by atoms with van der Waals surface area (Å²) in [7, 11) is 4.10. The predicted molar refractivity (Wildman–Crippen MR) is 102 cm³/mol. The molecule has 118 valence electrons. The lowest BCUT2D eigenvalue weighted by atomic mass is 9.86. The monoisotopic (exact) mass is 402 g/mol. The summed E-state index contributed by atoms with van der Waals surface area (Å²) in [4.78, 5) is 6.50. The molecule has 1 aromatic rings. The Bertz CT molecular complexity index is 438. The molecule has 0 amide bonds. The lowest BCUT2D eigenvalue weighted by Gasteiger charge is -2.23. The number of nitrogens with one attached hydrogen (secondary N) is 1. The van der Waals surface area contributed by atoms with E-state index in [2.05, 4.69) is 53.6 Å². The molecule has 1 aliphatic carbocycles. The third kappa shape index (κ3) is 6.11. The summed E-state index contributed by atoms with van der Waals surface area (Å²) in [5.74, 6) is 1.36. The van der Waals surface area contributed by atoms with Gasteiger partial charge in [-0.25, -0.2) is 0 Å². The van der Waals surface area contributed by atoms with E-state index in [0.29, 0.717) is 5.96 Å². The van der Waals surface area contributed by atoms with E-state index in [-0.39, 0.29) is 24.0 Å². The average Bonchev–Trinajstić information content (AvgIpc) is 2.37. The maximum absolute atomic E-state index is 5.86. The van der Waals surface area contributed by atoms with Gasteiger partial charge in [-0.1, -0.05) is 18.6 Å². The van der Waals surface area contributed by atoms with Gasteiger partial charge in [0.1, 0.15) is 0 Å². The minimum absolute atomic E-state index is 0. The zero-order valence-corrected chi connectivity index (χ0v) is 15.3. The minimum Gasteiger partial charge on any atom is -0.378 e. The van der Waals surface area contributed by atoms with Crippen LogP contribution in [0.3, 0.4) is 0 Å². The lowest BCUT2D eigenvalue weighted by Crippen LogP contribution is -2.34. The zero-order valence-electron chi connectivity index (χ0n) is 13.0. The van der Waals surface area contributed by atoms with Crippen molar-refractivity contribution in [2.75, 3.05) is 32.1 Å². The Morgan fingerprint density at radius 2 is 1.95 bits per heavy atom. The molecule has 2 rings (SSSR count). The fourth-order valence-corrected chi connectivity index (χ4v) is 2.25. The van der Waals surface area contributed by atoms with Crippen molar-refractivity contribution in [1.29, 1.82) is 0 Å². The zero-order chi connectivity index (χ0) is 14.4. The Morgan fingerprint density at radius 3 is 2.48 bits per heavy atom. The second-order valence-electron chi connectivity index (χ2n) is 5.76. The van der Waals surface area contributed by atoms with Crippen LogP contribution in [0.1, 0.15) is 24.8 Å². The molecule has 1 aliphatic rings. The Hall–Kier alpha value is -0.980. The van der Waals surface area contributed by atoms with Gasteiger partial charge in [0.25, 0.3) is 0 Å². The quantitative estimate of drug-likeness (QED) is 0.437. The van der Waals surface area contributed by atoms with Crippen LogP contribution in [-0.4, -0.2) is 33.1 Å². The van der Waals surface area contributed by atoms with E-state index in [0.717, 1.165) is 25.4 Å². The Labute approximate surface area is 145 Å². The third-order valence-corrected chi connectivity index (χ3v) is 3.92. The highest BCUT2D eigenvalue weighted by Crippen LogP contribution is 2.26. The smallest absolute Gasteiger partial charge is 0.188 e. The summed E-state index contributed by atoms with van der Waals surface area (Å²) in [6, 6.07) is 8.62. The lowest BCUT2D eigenvalue weighted by molar-refractivity contribution is 0.326. The maximum Gasteiger partial charge on any atom is 0.188 e. The number of hydrogen-bond donors (Lipinski definition) is 2. The van der Waals surface area contributed by atoms with Gasteiger partial charge >= 0.3 is 0 Å². The van der Waals surface area contributed by atoms with Crippen LogP contribution >= 0.6 is 24.0 Å². The van der Waals surface area contributed by atoms with Crippen LogP contribution < -0.4 is 16.0 Å². The fourth-order valence-electron chi connectivity index (χ4n) is 2.25. The Kier molecular flexibility index (Phi) is 7.85. The number of guanidine groups is 1. The van der Waals surface area contributed by atoms with Crippen molar-refractivity contribution >= 4 is 35.6 Å². The highest BCUT2D eigenvalue weighted by atomic mass is 127. The van der Waals surface area contributed by atoms with E-state index < -0.39 is 0 Å². The SMILES string of the molecule is CN(C)c1ccc(CCNC(N)=NCC2CCC2)cc1.I. The van der Waals surface area contributed by atoms with Gasteiger partial charge in [-0.05, 0) is 42.9 Å². The highest BCUT2D eigenvalue weighted by Gasteiger charge is 2.16. The van der Waals surface area contributed by atoms with Crippen molar-refractivity contribution < 1.29 is 0 Å². The summed E-state index contributed by atoms with van der Waals surface area (Å²) in [6.07, 6.45) is 4.95. The largest absolute Gasteiger partial charge is 0.378 e. The molecular weight excluding hydrogens is 375 g/mol. The standard InChI is InChI=1S/C16H26N4.HI/c1-20(2)15-8-6-13(7-9-15)10-11-18-16(17)19-12-14-4-3-5-14;/h6-9,14H,3-5,10-12H2,1-2H3,(H3,17,18,19);1H. The summed E-state index contributed by atoms with van der Waals surface area (Å²) >= 11 is 0. The summed E-state index contributed by atoms with van der Waals surface area (Å²) in [6.45, 7) is 1.72. The van der Waals surface area contributed by atoms with Crippen molar-refractivity contribution in [1.82, 2.24) is 5.32 Å². The maximum atomic E-state index is 5.86. The minimum atomic E-state index is 0. The predicted octanol–water partition coefficient (Wildman–Crippen LogP) is 2.62. The summed E-state index contributed by atoms with van der Waals surface area (Å²) in [5.41, 5.74) is 8.40. The molecule has 4 nitrogen and oxygen atoms in total. The van der Waals surface area contributed by atoms with Crippen molar-refractivity contribution in [3.05, 3.63) is 29.8 Å². The van der Waals surface area contributed by atoms with Crippen LogP contribution in [0.5, 0.6) is 0 Å². The summed E-state index contributed by atoms with van der Waals surface area (Å²) in [5, 5.41) is 3.19. The van der Waals surface area contributed by atoms with Gasteiger partial charge in [0.2, 0.25) is 0 Å². The first-order valence-corrected chi connectivity index (χ1v) is 7.45. The molecule has 0 aromatic heterocycles. The molecule has 0 bridgehead atoms. The first-order valence-electron chi connectivity index (χ1n) is 7.45. The molecular formula is C16H27IN4. The van der Waals surface area contributed by atoms with Crippen molar-refractivity contribution in [3.8, 4) is 0 Å². The fraction of sp³-hybridized carbons (Fsp3) is 0.562. The second-order valence-corrected chi connectivity index (χ2v) is 5.76. The Morgan fingerprint density at radius 1 is 1.29 bits per heavy atom. The number of nitrogens with zero attached hydrogens (tertiary/aromatic N) is 2. The molecule has 3 N–H and O–H groups in total. The van der Waals surface area contributed by atoms with Gasteiger partial charge in [-0.2, -0.15) is 0 Å². The van der Waals surface area contributed by atoms with Crippen LogP contribution in [0.4, 0.5) is 5.69 Å². The number of aliphatic imine (C=N–C) groups is 1. The van der Waals surface area contributed by atoms with Gasteiger partial charge in [0, 0.05) is 32.9 Å². The number of halogens is 1. The van der Waals surface area contributed by atoms with Gasteiger partial charge in [0.05, 0.1) is 0 Å². The normalized spacial score (nSPS) is 15.0. The van der Waals surface area contributed by atoms with Crippen LogP contribution in [0.15, 0.2) is 29.3 Å². The second kappa shape index (κ2) is 9.12. The van der Waals surface area contributed by atoms with Gasteiger partial charge in [0.15, 0.2) is 5.96 Å². The molecule has 0 heterocycles. The van der Waals surface area contributed by atoms with Crippen LogP contribution in [0.2, 0.25) is 0 Å². The van der Waals surface area contributed by atoms with Crippen LogP contribution in [0, 0.1) is 5.92 Å². The first-order chi connectivity index (χ1) is 9.65. The molecule has 1 fully saturated rings.